The number of imidazole rings is 1. The van der Waals surface area contributed by atoms with Crippen molar-refractivity contribution in [1.29, 1.82) is 0 Å². The van der Waals surface area contributed by atoms with Crippen LogP contribution in [0.2, 0.25) is 0 Å². The Hall–Kier alpha value is -3.27. The minimum atomic E-state index is -0.708. The molecule has 1 aromatic carbocycles. The fourth-order valence-corrected chi connectivity index (χ4v) is 4.14. The van der Waals surface area contributed by atoms with Crippen LogP contribution in [0.3, 0.4) is 0 Å². The summed E-state index contributed by atoms with van der Waals surface area (Å²) in [5, 5.41) is 4.38. The van der Waals surface area contributed by atoms with E-state index in [1.54, 1.807) is 48.6 Å². The zero-order valence-electron chi connectivity index (χ0n) is 16.8. The van der Waals surface area contributed by atoms with Crippen molar-refractivity contribution in [3.05, 3.63) is 64.5 Å². The van der Waals surface area contributed by atoms with Crippen molar-refractivity contribution in [3.63, 3.8) is 0 Å². The van der Waals surface area contributed by atoms with Crippen LogP contribution >= 0.6 is 15.9 Å². The van der Waals surface area contributed by atoms with Crippen molar-refractivity contribution >= 4 is 38.1 Å². The summed E-state index contributed by atoms with van der Waals surface area (Å²) in [5.41, 5.74) is 2.51. The quantitative estimate of drug-likeness (QED) is 0.370. The number of hydrogen-bond donors (Lipinski definition) is 0. The molecule has 5 rings (SSSR count). The van der Waals surface area contributed by atoms with Crippen LogP contribution in [0, 0.1) is 18.6 Å². The topological polar surface area (TPSA) is 74.3 Å². The van der Waals surface area contributed by atoms with Gasteiger partial charge in [0.25, 0.3) is 0 Å². The third kappa shape index (κ3) is 3.18. The molecule has 0 saturated carbocycles. The summed E-state index contributed by atoms with van der Waals surface area (Å²) < 4.78 is 34.6. The van der Waals surface area contributed by atoms with E-state index in [2.05, 4.69) is 41.0 Å². The van der Waals surface area contributed by atoms with E-state index >= 15 is 8.78 Å². The Kier molecular flexibility index (Phi) is 4.54. The number of nitrogens with zero attached hydrogens (tertiary/aromatic N) is 7. The van der Waals surface area contributed by atoms with E-state index in [0.29, 0.717) is 27.3 Å². The van der Waals surface area contributed by atoms with Gasteiger partial charge in [-0.05, 0) is 35.8 Å². The molecule has 0 amide bonds. The number of aryl methyl sites for hydroxylation is 2. The highest BCUT2D eigenvalue weighted by Crippen LogP contribution is 2.33. The molecule has 0 radical (unpaired) electrons. The van der Waals surface area contributed by atoms with Crippen LogP contribution in [0.5, 0.6) is 0 Å². The molecule has 1 atom stereocenters. The highest BCUT2D eigenvalue weighted by molar-refractivity contribution is 9.10. The summed E-state index contributed by atoms with van der Waals surface area (Å²) in [4.78, 5) is 17.3. The van der Waals surface area contributed by atoms with Gasteiger partial charge in [0, 0.05) is 47.6 Å². The maximum absolute atomic E-state index is 15.7. The molecular formula is C21H16BrF2N7. The fourth-order valence-electron chi connectivity index (χ4n) is 3.87. The number of pyridine rings is 1. The molecule has 4 heterocycles. The van der Waals surface area contributed by atoms with Gasteiger partial charge in [-0.2, -0.15) is 5.10 Å². The molecule has 31 heavy (non-hydrogen) atoms. The molecule has 0 unspecified atom stereocenters. The average molecular weight is 484 g/mol. The fraction of sp³-hybridized carbons (Fsp3) is 0.190. The average Bonchev–Trinajstić information content (AvgIpc) is 3.30. The third-order valence-electron chi connectivity index (χ3n) is 5.31. The van der Waals surface area contributed by atoms with E-state index in [4.69, 9.17) is 0 Å². The van der Waals surface area contributed by atoms with Gasteiger partial charge in [0.05, 0.1) is 24.0 Å². The lowest BCUT2D eigenvalue weighted by Crippen LogP contribution is -2.13. The maximum atomic E-state index is 15.7. The molecule has 4 aromatic heterocycles. The summed E-state index contributed by atoms with van der Waals surface area (Å²) >= 11 is 3.30. The lowest BCUT2D eigenvalue weighted by Gasteiger charge is -2.19. The van der Waals surface area contributed by atoms with Crippen LogP contribution in [0.25, 0.3) is 33.3 Å². The minimum Gasteiger partial charge on any atom is -0.304 e. The van der Waals surface area contributed by atoms with Gasteiger partial charge < -0.3 is 4.57 Å². The number of fused-ring (bicyclic) bond motifs is 2. The van der Waals surface area contributed by atoms with Crippen LogP contribution in [0.1, 0.15) is 24.4 Å². The summed E-state index contributed by atoms with van der Waals surface area (Å²) in [6, 6.07) is 2.22. The lowest BCUT2D eigenvalue weighted by molar-refractivity contribution is 0.512. The number of benzene rings is 1. The Morgan fingerprint density at radius 3 is 2.58 bits per heavy atom. The first kappa shape index (κ1) is 19.7. The summed E-state index contributed by atoms with van der Waals surface area (Å²) in [6.45, 7) is 3.47. The molecule has 7 nitrogen and oxygen atoms in total. The van der Waals surface area contributed by atoms with E-state index in [-0.39, 0.29) is 16.5 Å². The molecule has 0 bridgehead atoms. The van der Waals surface area contributed by atoms with Gasteiger partial charge in [-0.1, -0.05) is 0 Å². The van der Waals surface area contributed by atoms with Crippen LogP contribution in [-0.2, 0) is 7.05 Å². The molecule has 0 aliphatic heterocycles. The molecule has 10 heteroatoms. The van der Waals surface area contributed by atoms with E-state index < -0.39 is 17.7 Å². The maximum Gasteiger partial charge on any atom is 0.197 e. The molecule has 0 fully saturated rings. The number of rotatable bonds is 3. The van der Waals surface area contributed by atoms with Gasteiger partial charge in [-0.15, -0.1) is 0 Å². The largest absolute Gasteiger partial charge is 0.304 e. The predicted molar refractivity (Wildman–Crippen MR) is 115 cm³/mol. The van der Waals surface area contributed by atoms with Crippen LogP contribution in [-0.4, -0.2) is 34.3 Å². The van der Waals surface area contributed by atoms with Gasteiger partial charge in [0.1, 0.15) is 22.1 Å². The normalized spacial score (nSPS) is 12.7. The van der Waals surface area contributed by atoms with E-state index in [1.165, 1.54) is 12.3 Å². The SMILES string of the molecule is Cc1nc2ncc(Br)nc2n1[C@H](C)c1c(F)cc2ncc(-c3cnn(C)c3)cc2c1F. The zero-order chi connectivity index (χ0) is 21.9. The summed E-state index contributed by atoms with van der Waals surface area (Å²) in [7, 11) is 1.80. The van der Waals surface area contributed by atoms with Gasteiger partial charge in [0.15, 0.2) is 11.3 Å². The van der Waals surface area contributed by atoms with Crippen molar-refractivity contribution in [1.82, 2.24) is 34.3 Å². The first-order chi connectivity index (χ1) is 14.8. The second-order valence-electron chi connectivity index (χ2n) is 7.32. The number of hydrogen-bond acceptors (Lipinski definition) is 5. The second-order valence-corrected chi connectivity index (χ2v) is 8.14. The van der Waals surface area contributed by atoms with E-state index in [9.17, 15) is 0 Å². The smallest absolute Gasteiger partial charge is 0.197 e. The van der Waals surface area contributed by atoms with Crippen LogP contribution in [0.15, 0.2) is 41.5 Å². The van der Waals surface area contributed by atoms with Crippen molar-refractivity contribution in [2.24, 2.45) is 7.05 Å². The monoisotopic (exact) mass is 483 g/mol. The van der Waals surface area contributed by atoms with Crippen LogP contribution in [0.4, 0.5) is 8.78 Å². The molecule has 0 aliphatic rings. The minimum absolute atomic E-state index is 0.0817. The lowest BCUT2D eigenvalue weighted by atomic mass is 10.0. The van der Waals surface area contributed by atoms with Gasteiger partial charge >= 0.3 is 0 Å². The van der Waals surface area contributed by atoms with Crippen LogP contribution < -0.4 is 0 Å². The van der Waals surface area contributed by atoms with Crippen molar-refractivity contribution in [3.8, 4) is 11.1 Å². The molecule has 5 aromatic rings. The summed E-state index contributed by atoms with van der Waals surface area (Å²) in [5.74, 6) is -0.782. The van der Waals surface area contributed by atoms with E-state index in [0.717, 1.165) is 5.56 Å². The molecule has 0 saturated heterocycles. The molecule has 156 valence electrons. The van der Waals surface area contributed by atoms with E-state index in [1.807, 2.05) is 6.20 Å². The summed E-state index contributed by atoms with van der Waals surface area (Å²) in [6.07, 6.45) is 6.60. The zero-order valence-corrected chi connectivity index (χ0v) is 18.4. The Morgan fingerprint density at radius 2 is 1.84 bits per heavy atom. The van der Waals surface area contributed by atoms with Crippen molar-refractivity contribution in [2.45, 2.75) is 19.9 Å². The number of aromatic nitrogens is 7. The Labute approximate surface area is 183 Å². The molecule has 0 spiro atoms. The highest BCUT2D eigenvalue weighted by atomic mass is 79.9. The first-order valence-corrected chi connectivity index (χ1v) is 10.3. The first-order valence-electron chi connectivity index (χ1n) is 9.47. The highest BCUT2D eigenvalue weighted by Gasteiger charge is 2.25. The van der Waals surface area contributed by atoms with Gasteiger partial charge in [-0.25, -0.2) is 23.7 Å². The van der Waals surface area contributed by atoms with Gasteiger partial charge in [-0.3, -0.25) is 9.67 Å². The molecule has 0 N–H and O–H groups in total. The van der Waals surface area contributed by atoms with Crippen molar-refractivity contribution < 1.29 is 8.78 Å². The Morgan fingerprint density at radius 1 is 1.03 bits per heavy atom. The Bertz CT molecular complexity index is 1470. The molecule has 0 aliphatic carbocycles. The predicted octanol–water partition coefficient (Wildman–Crippen LogP) is 4.73. The number of halogens is 3. The van der Waals surface area contributed by atoms with Gasteiger partial charge in [0.2, 0.25) is 0 Å². The van der Waals surface area contributed by atoms with Crippen molar-refractivity contribution in [2.75, 3.05) is 0 Å². The second kappa shape index (κ2) is 7.16. The standard InChI is InChI=1S/C21H16BrF2N7/c1-10(31-11(2)28-20-21(31)29-17(22)8-26-20)18-15(23)5-16-14(19(18)24)4-12(6-25-16)13-7-27-30(3)9-13/h4-10H,1-3H3/t10-/m1/s1. The molecular weight excluding hydrogens is 468 g/mol. The Balaban J connectivity index is 1.71. The third-order valence-corrected chi connectivity index (χ3v) is 5.69.